The number of aryl methyl sites for hydroxylation is 2. The number of alkyl halides is 3. The summed E-state index contributed by atoms with van der Waals surface area (Å²) >= 11 is 0. The first-order valence-electron chi connectivity index (χ1n) is 10.5. The van der Waals surface area contributed by atoms with Crippen molar-refractivity contribution >= 4 is 23.5 Å². The lowest BCUT2D eigenvalue weighted by Crippen LogP contribution is -2.46. The fourth-order valence-electron chi connectivity index (χ4n) is 3.23. The van der Waals surface area contributed by atoms with Gasteiger partial charge >= 0.3 is 12.1 Å². The number of pyridine rings is 1. The number of nitrogens with one attached hydrogen (secondary N) is 1. The molecule has 1 heterocycles. The quantitative estimate of drug-likeness (QED) is 0.450. The number of nitrogens with zero attached hydrogens (tertiary/aromatic N) is 3. The summed E-state index contributed by atoms with van der Waals surface area (Å²) in [5.74, 6) is -1.71. The maximum Gasteiger partial charge on any atom is 0.417 e. The van der Waals surface area contributed by atoms with E-state index in [4.69, 9.17) is 14.7 Å². The van der Waals surface area contributed by atoms with E-state index in [1.54, 1.807) is 13.0 Å². The summed E-state index contributed by atoms with van der Waals surface area (Å²) in [5, 5.41) is 10.2. The molecule has 1 aromatic carbocycles. The zero-order valence-corrected chi connectivity index (χ0v) is 20.5. The summed E-state index contributed by atoms with van der Waals surface area (Å²) < 4.78 is 47.0. The van der Waals surface area contributed by atoms with Crippen LogP contribution >= 0.6 is 0 Å². The molecular weight excluding hydrogens is 481 g/mol. The predicted octanol–water partition coefficient (Wildman–Crippen LogP) is 3.20. The first kappa shape index (κ1) is 30.1. The number of nitriles is 1. The summed E-state index contributed by atoms with van der Waals surface area (Å²) in [4.78, 5) is 40.3. The van der Waals surface area contributed by atoms with Gasteiger partial charge in [0.25, 0.3) is 11.8 Å². The van der Waals surface area contributed by atoms with Crippen LogP contribution in [0.2, 0.25) is 0 Å². The highest BCUT2D eigenvalue weighted by molar-refractivity contribution is 6.01. The average molecular weight is 508 g/mol. The number of rotatable bonds is 7. The van der Waals surface area contributed by atoms with E-state index in [0.717, 1.165) is 29.2 Å². The molecule has 0 aliphatic heterocycles. The third-order valence-corrected chi connectivity index (χ3v) is 4.85. The number of carbonyl (C=O) groups is 3. The van der Waals surface area contributed by atoms with Gasteiger partial charge in [0.05, 0.1) is 30.0 Å². The second-order valence-corrected chi connectivity index (χ2v) is 7.40. The standard InChI is InChI=1S/C15H21NO4.C9H6F3N3O/c1-10-7-6-8-11(2)14(10)16(13(17)9-19-4)12(3)15(18)20-5;10-9(11,12)7-1-3-14-5-6(7)8(16)15-4-2-13/h6-8,12H,9H2,1-5H3;1,3,5H,4H2,(H,15,16)/t12-;/m1./s1. The van der Waals surface area contributed by atoms with Gasteiger partial charge in [-0.2, -0.15) is 18.4 Å². The van der Waals surface area contributed by atoms with Crippen molar-refractivity contribution in [3.63, 3.8) is 0 Å². The molecule has 9 nitrogen and oxygen atoms in total. The van der Waals surface area contributed by atoms with Gasteiger partial charge in [0.1, 0.15) is 19.2 Å². The molecule has 0 aliphatic carbocycles. The van der Waals surface area contributed by atoms with Crippen LogP contribution in [0.15, 0.2) is 36.7 Å². The molecular formula is C24H27F3N4O5. The molecule has 0 radical (unpaired) electrons. The Morgan fingerprint density at radius 2 is 1.78 bits per heavy atom. The van der Waals surface area contributed by atoms with Gasteiger partial charge in [0, 0.05) is 19.5 Å². The van der Waals surface area contributed by atoms with Gasteiger partial charge in [-0.25, -0.2) is 4.79 Å². The summed E-state index contributed by atoms with van der Waals surface area (Å²) in [6, 6.07) is 7.31. The molecule has 0 fully saturated rings. The molecule has 1 atom stereocenters. The highest BCUT2D eigenvalue weighted by atomic mass is 19.4. The smallest absolute Gasteiger partial charge is 0.417 e. The molecule has 1 aromatic heterocycles. The monoisotopic (exact) mass is 508 g/mol. The molecule has 0 saturated heterocycles. The predicted molar refractivity (Wildman–Crippen MR) is 124 cm³/mol. The Balaban J connectivity index is 0.000000369. The van der Waals surface area contributed by atoms with Gasteiger partial charge in [-0.05, 0) is 38.0 Å². The molecule has 194 valence electrons. The largest absolute Gasteiger partial charge is 0.467 e. The number of para-hydroxylation sites is 1. The number of aromatic nitrogens is 1. The zero-order chi connectivity index (χ0) is 27.5. The summed E-state index contributed by atoms with van der Waals surface area (Å²) in [6.45, 7) is 5.00. The topological polar surface area (TPSA) is 122 Å². The Labute approximate surface area is 206 Å². The van der Waals surface area contributed by atoms with Crippen LogP contribution in [0.1, 0.15) is 34.0 Å². The normalized spacial score (nSPS) is 11.3. The first-order valence-corrected chi connectivity index (χ1v) is 10.5. The van der Waals surface area contributed by atoms with Crippen molar-refractivity contribution in [3.05, 3.63) is 58.9 Å². The number of halogens is 3. The minimum Gasteiger partial charge on any atom is -0.467 e. The SMILES string of the molecule is COCC(=O)N(c1c(C)cccc1C)[C@H](C)C(=O)OC.N#CCNC(=O)c1cnccc1C(F)(F)F. The van der Waals surface area contributed by atoms with Crippen LogP contribution in [0.5, 0.6) is 0 Å². The zero-order valence-electron chi connectivity index (χ0n) is 20.5. The Morgan fingerprint density at radius 3 is 2.28 bits per heavy atom. The summed E-state index contributed by atoms with van der Waals surface area (Å²) in [6.07, 6.45) is -2.86. The van der Waals surface area contributed by atoms with Crippen LogP contribution in [0, 0.1) is 25.2 Å². The maximum absolute atomic E-state index is 12.5. The van der Waals surface area contributed by atoms with Crippen molar-refractivity contribution in [2.24, 2.45) is 0 Å². The molecule has 2 aromatic rings. The van der Waals surface area contributed by atoms with Crippen LogP contribution in [0.4, 0.5) is 18.9 Å². The number of benzene rings is 1. The van der Waals surface area contributed by atoms with Crippen molar-refractivity contribution < 1.29 is 37.0 Å². The Hall–Kier alpha value is -3.98. The summed E-state index contributed by atoms with van der Waals surface area (Å²) in [7, 11) is 2.76. The van der Waals surface area contributed by atoms with E-state index in [2.05, 4.69) is 4.98 Å². The number of carbonyl (C=O) groups excluding carboxylic acids is 3. The lowest BCUT2D eigenvalue weighted by atomic mass is 10.1. The molecule has 1 N–H and O–H groups in total. The van der Waals surface area contributed by atoms with Crippen molar-refractivity contribution in [1.82, 2.24) is 10.3 Å². The van der Waals surface area contributed by atoms with Gasteiger partial charge in [-0.15, -0.1) is 0 Å². The van der Waals surface area contributed by atoms with Gasteiger partial charge < -0.3 is 14.8 Å². The fourth-order valence-corrected chi connectivity index (χ4v) is 3.23. The van der Waals surface area contributed by atoms with Gasteiger partial charge in [-0.1, -0.05) is 18.2 Å². The van der Waals surface area contributed by atoms with Crippen molar-refractivity contribution in [2.45, 2.75) is 33.0 Å². The number of esters is 1. The van der Waals surface area contributed by atoms with E-state index < -0.39 is 35.2 Å². The van der Waals surface area contributed by atoms with Gasteiger partial charge in [-0.3, -0.25) is 19.5 Å². The van der Waals surface area contributed by atoms with Crippen LogP contribution in [0.25, 0.3) is 0 Å². The van der Waals surface area contributed by atoms with Crippen molar-refractivity contribution in [1.29, 1.82) is 5.26 Å². The van der Waals surface area contributed by atoms with E-state index in [-0.39, 0.29) is 19.1 Å². The molecule has 0 unspecified atom stereocenters. The highest BCUT2D eigenvalue weighted by Crippen LogP contribution is 2.31. The molecule has 12 heteroatoms. The molecule has 0 spiro atoms. The minimum absolute atomic E-state index is 0.0882. The highest BCUT2D eigenvalue weighted by Gasteiger charge is 2.35. The number of hydrogen-bond donors (Lipinski definition) is 1. The third kappa shape index (κ3) is 8.06. The number of ether oxygens (including phenoxy) is 2. The molecule has 36 heavy (non-hydrogen) atoms. The Bertz CT molecular complexity index is 1100. The number of hydrogen-bond acceptors (Lipinski definition) is 7. The van der Waals surface area contributed by atoms with E-state index >= 15 is 0 Å². The molecule has 0 saturated carbocycles. The second-order valence-electron chi connectivity index (χ2n) is 7.40. The van der Waals surface area contributed by atoms with E-state index in [9.17, 15) is 27.6 Å². The second kappa shape index (κ2) is 13.8. The van der Waals surface area contributed by atoms with E-state index in [1.165, 1.54) is 19.1 Å². The average Bonchev–Trinajstić information content (AvgIpc) is 2.84. The summed E-state index contributed by atoms with van der Waals surface area (Å²) in [5.41, 5.74) is 0.908. The van der Waals surface area contributed by atoms with Gasteiger partial charge in [0.2, 0.25) is 0 Å². The lowest BCUT2D eigenvalue weighted by Gasteiger charge is -2.30. The maximum atomic E-state index is 12.5. The lowest BCUT2D eigenvalue weighted by molar-refractivity contribution is -0.143. The molecule has 2 rings (SSSR count). The molecule has 0 bridgehead atoms. The third-order valence-electron chi connectivity index (χ3n) is 4.85. The van der Waals surface area contributed by atoms with Gasteiger partial charge in [0.15, 0.2) is 0 Å². The van der Waals surface area contributed by atoms with Crippen LogP contribution < -0.4 is 10.2 Å². The van der Waals surface area contributed by atoms with Crippen LogP contribution in [-0.4, -0.2) is 56.2 Å². The first-order chi connectivity index (χ1) is 16.9. The Kier molecular flexibility index (Phi) is 11.5. The van der Waals surface area contributed by atoms with Crippen LogP contribution in [0.3, 0.4) is 0 Å². The fraction of sp³-hybridized carbons (Fsp3) is 0.375. The number of amides is 2. The van der Waals surface area contributed by atoms with Crippen molar-refractivity contribution in [3.8, 4) is 6.07 Å². The number of anilines is 1. The van der Waals surface area contributed by atoms with Crippen LogP contribution in [-0.2, 0) is 25.2 Å². The van der Waals surface area contributed by atoms with E-state index in [1.807, 2.05) is 37.4 Å². The minimum atomic E-state index is -4.62. The number of methoxy groups -OCH3 is 2. The van der Waals surface area contributed by atoms with E-state index in [0.29, 0.717) is 6.07 Å². The molecule has 2 amide bonds. The Morgan fingerprint density at radius 1 is 1.17 bits per heavy atom. The molecule has 0 aliphatic rings. The van der Waals surface area contributed by atoms with Crippen molar-refractivity contribution in [2.75, 3.05) is 32.3 Å².